The first-order valence-corrected chi connectivity index (χ1v) is 5.85. The van der Waals surface area contributed by atoms with Crippen molar-refractivity contribution in [2.24, 2.45) is 0 Å². The predicted molar refractivity (Wildman–Crippen MR) is 75.8 cm³/mol. The van der Waals surface area contributed by atoms with Gasteiger partial charge in [-0.3, -0.25) is 14.9 Å². The van der Waals surface area contributed by atoms with E-state index >= 15 is 0 Å². The topological polar surface area (TPSA) is 70.2 Å². The lowest BCUT2D eigenvalue weighted by Crippen LogP contribution is -2.28. The van der Waals surface area contributed by atoms with Crippen molar-refractivity contribution >= 4 is 23.2 Å². The number of benzene rings is 1. The molecule has 0 bridgehead atoms. The van der Waals surface area contributed by atoms with Crippen LogP contribution >= 0.6 is 0 Å². The Morgan fingerprint density at radius 2 is 2.05 bits per heavy atom. The Balaban J connectivity index is 2.61. The number of nitrogens with one attached hydrogen (secondary N) is 3. The molecule has 0 aliphatic heterocycles. The number of amides is 2. The zero-order valence-electron chi connectivity index (χ0n) is 11.0. The monoisotopic (exact) mass is 259 g/mol. The zero-order valence-corrected chi connectivity index (χ0v) is 11.0. The van der Waals surface area contributed by atoms with E-state index in [-0.39, 0.29) is 18.4 Å². The predicted octanol–water partition coefficient (Wildman–Crippen LogP) is 1.11. The molecule has 0 heterocycles. The maximum absolute atomic E-state index is 11.5. The number of hydrogen-bond donors (Lipinski definition) is 3. The van der Waals surface area contributed by atoms with Crippen molar-refractivity contribution in [3.8, 4) is 12.3 Å². The van der Waals surface area contributed by atoms with Crippen molar-refractivity contribution in [1.29, 1.82) is 0 Å². The van der Waals surface area contributed by atoms with Gasteiger partial charge < -0.3 is 10.6 Å². The van der Waals surface area contributed by atoms with Gasteiger partial charge in [-0.15, -0.1) is 6.42 Å². The molecule has 2 amide bonds. The lowest BCUT2D eigenvalue weighted by atomic mass is 10.1. The molecule has 0 spiro atoms. The van der Waals surface area contributed by atoms with E-state index in [9.17, 15) is 9.59 Å². The van der Waals surface area contributed by atoms with Crippen LogP contribution in [-0.2, 0) is 9.59 Å². The van der Waals surface area contributed by atoms with E-state index in [1.807, 2.05) is 6.92 Å². The lowest BCUT2D eigenvalue weighted by molar-refractivity contribution is -0.115. The number of carbonyl (C=O) groups excluding carboxylic acids is 2. The molecule has 0 radical (unpaired) electrons. The fourth-order valence-corrected chi connectivity index (χ4v) is 1.52. The molecular formula is C14H17N3O2. The summed E-state index contributed by atoms with van der Waals surface area (Å²) < 4.78 is 0. The van der Waals surface area contributed by atoms with Crippen LogP contribution in [0.2, 0.25) is 0 Å². The average Bonchev–Trinajstić information content (AvgIpc) is 2.32. The second kappa shape index (κ2) is 7.19. The SMILES string of the molecule is C#CCNCC(=O)Nc1ccc(NC(C)=O)c(C)c1. The molecule has 0 aliphatic rings. The zero-order chi connectivity index (χ0) is 14.3. The Labute approximate surface area is 112 Å². The molecule has 1 aromatic carbocycles. The molecule has 1 aromatic rings. The number of rotatable bonds is 5. The van der Waals surface area contributed by atoms with E-state index in [1.165, 1.54) is 6.92 Å². The molecule has 0 unspecified atom stereocenters. The van der Waals surface area contributed by atoms with Gasteiger partial charge in [0.1, 0.15) is 0 Å². The van der Waals surface area contributed by atoms with Gasteiger partial charge in [-0.05, 0) is 30.7 Å². The molecule has 0 fully saturated rings. The third kappa shape index (κ3) is 5.23. The number of aryl methyl sites for hydroxylation is 1. The summed E-state index contributed by atoms with van der Waals surface area (Å²) in [6.07, 6.45) is 5.06. The Hall–Kier alpha value is -2.32. The molecule has 0 aromatic heterocycles. The molecular weight excluding hydrogens is 242 g/mol. The highest BCUT2D eigenvalue weighted by molar-refractivity contribution is 5.93. The van der Waals surface area contributed by atoms with Gasteiger partial charge in [0.15, 0.2) is 0 Å². The van der Waals surface area contributed by atoms with Gasteiger partial charge in [-0.25, -0.2) is 0 Å². The molecule has 19 heavy (non-hydrogen) atoms. The van der Waals surface area contributed by atoms with Gasteiger partial charge in [0.05, 0.1) is 13.1 Å². The molecule has 0 atom stereocenters. The lowest BCUT2D eigenvalue weighted by Gasteiger charge is -2.10. The van der Waals surface area contributed by atoms with Crippen molar-refractivity contribution in [2.75, 3.05) is 23.7 Å². The summed E-state index contributed by atoms with van der Waals surface area (Å²) in [7, 11) is 0. The Morgan fingerprint density at radius 1 is 1.32 bits per heavy atom. The van der Waals surface area contributed by atoms with E-state index in [2.05, 4.69) is 21.9 Å². The van der Waals surface area contributed by atoms with Crippen LogP contribution in [0.15, 0.2) is 18.2 Å². The van der Waals surface area contributed by atoms with Crippen molar-refractivity contribution in [3.05, 3.63) is 23.8 Å². The molecule has 5 heteroatoms. The van der Waals surface area contributed by atoms with Gasteiger partial charge in [0.2, 0.25) is 11.8 Å². The highest BCUT2D eigenvalue weighted by Crippen LogP contribution is 2.19. The smallest absolute Gasteiger partial charge is 0.238 e. The molecule has 0 aliphatic carbocycles. The van der Waals surface area contributed by atoms with E-state index < -0.39 is 0 Å². The minimum Gasteiger partial charge on any atom is -0.326 e. The second-order valence-corrected chi connectivity index (χ2v) is 4.07. The van der Waals surface area contributed by atoms with Crippen molar-refractivity contribution in [1.82, 2.24) is 5.32 Å². The van der Waals surface area contributed by atoms with E-state index in [1.54, 1.807) is 18.2 Å². The highest BCUT2D eigenvalue weighted by Gasteiger charge is 2.04. The number of anilines is 2. The summed E-state index contributed by atoms with van der Waals surface area (Å²) in [4.78, 5) is 22.5. The van der Waals surface area contributed by atoms with Crippen LogP contribution in [0.5, 0.6) is 0 Å². The molecule has 0 saturated heterocycles. The van der Waals surface area contributed by atoms with Crippen LogP contribution in [0, 0.1) is 19.3 Å². The summed E-state index contributed by atoms with van der Waals surface area (Å²) in [5.74, 6) is 2.10. The van der Waals surface area contributed by atoms with Gasteiger partial charge in [0.25, 0.3) is 0 Å². The van der Waals surface area contributed by atoms with E-state index in [0.29, 0.717) is 12.2 Å². The van der Waals surface area contributed by atoms with Gasteiger partial charge in [-0.2, -0.15) is 0 Å². The number of carbonyl (C=O) groups is 2. The van der Waals surface area contributed by atoms with Crippen molar-refractivity contribution in [2.45, 2.75) is 13.8 Å². The molecule has 100 valence electrons. The molecule has 5 nitrogen and oxygen atoms in total. The summed E-state index contributed by atoms with van der Waals surface area (Å²) in [5.41, 5.74) is 2.29. The maximum atomic E-state index is 11.5. The first kappa shape index (κ1) is 14.7. The van der Waals surface area contributed by atoms with Gasteiger partial charge in [-0.1, -0.05) is 5.92 Å². The minimum atomic E-state index is -0.165. The van der Waals surface area contributed by atoms with Crippen LogP contribution in [0.3, 0.4) is 0 Å². The maximum Gasteiger partial charge on any atom is 0.238 e. The Bertz CT molecular complexity index is 518. The molecule has 0 saturated carbocycles. The van der Waals surface area contributed by atoms with E-state index in [0.717, 1.165) is 11.3 Å². The van der Waals surface area contributed by atoms with Crippen LogP contribution in [-0.4, -0.2) is 24.9 Å². The number of terminal acetylenes is 1. The third-order valence-corrected chi connectivity index (χ3v) is 2.33. The van der Waals surface area contributed by atoms with E-state index in [4.69, 9.17) is 6.42 Å². The summed E-state index contributed by atoms with van der Waals surface area (Å²) in [5, 5.41) is 8.25. The standard InChI is InChI=1S/C14H17N3O2/c1-4-7-15-9-14(19)17-12-5-6-13(10(2)8-12)16-11(3)18/h1,5-6,8,15H,7,9H2,2-3H3,(H,16,18)(H,17,19). The highest BCUT2D eigenvalue weighted by atomic mass is 16.2. The fourth-order valence-electron chi connectivity index (χ4n) is 1.52. The van der Waals surface area contributed by atoms with Gasteiger partial charge in [0, 0.05) is 18.3 Å². The van der Waals surface area contributed by atoms with Crippen LogP contribution in [0.4, 0.5) is 11.4 Å². The third-order valence-electron chi connectivity index (χ3n) is 2.33. The summed E-state index contributed by atoms with van der Waals surface area (Å²) in [6.45, 7) is 3.83. The van der Waals surface area contributed by atoms with Gasteiger partial charge >= 0.3 is 0 Å². The quantitative estimate of drug-likeness (QED) is 0.548. The largest absolute Gasteiger partial charge is 0.326 e. The first-order chi connectivity index (χ1) is 9.02. The van der Waals surface area contributed by atoms with Crippen LogP contribution in [0.25, 0.3) is 0 Å². The van der Waals surface area contributed by atoms with Crippen molar-refractivity contribution in [3.63, 3.8) is 0 Å². The van der Waals surface area contributed by atoms with Crippen LogP contribution < -0.4 is 16.0 Å². The Kier molecular flexibility index (Phi) is 5.58. The summed E-state index contributed by atoms with van der Waals surface area (Å²) >= 11 is 0. The summed E-state index contributed by atoms with van der Waals surface area (Å²) in [6, 6.07) is 5.28. The fraction of sp³-hybridized carbons (Fsp3) is 0.286. The normalized spacial score (nSPS) is 9.53. The molecule has 3 N–H and O–H groups in total. The first-order valence-electron chi connectivity index (χ1n) is 5.85. The number of hydrogen-bond acceptors (Lipinski definition) is 3. The minimum absolute atomic E-state index is 0.127. The average molecular weight is 259 g/mol. The molecule has 1 rings (SSSR count). The van der Waals surface area contributed by atoms with Crippen molar-refractivity contribution < 1.29 is 9.59 Å². The Morgan fingerprint density at radius 3 is 2.63 bits per heavy atom. The van der Waals surface area contributed by atoms with Crippen LogP contribution in [0.1, 0.15) is 12.5 Å². The second-order valence-electron chi connectivity index (χ2n) is 4.07.